The van der Waals surface area contributed by atoms with E-state index >= 15 is 0 Å². The molecule has 0 radical (unpaired) electrons. The molecule has 2 aromatic heterocycles. The molecule has 0 saturated heterocycles. The zero-order valence-corrected chi connectivity index (χ0v) is 16.2. The first-order valence-electron chi connectivity index (χ1n) is 8.64. The molecule has 4 aromatic rings. The maximum atomic E-state index is 6.06. The number of nitrogens with zero attached hydrogens (tertiary/aromatic N) is 2. The fourth-order valence-corrected chi connectivity index (χ4v) is 3.91. The number of benzene rings is 2. The number of halogens is 1. The van der Waals surface area contributed by atoms with E-state index in [9.17, 15) is 0 Å². The van der Waals surface area contributed by atoms with Gasteiger partial charge in [-0.1, -0.05) is 54.1 Å². The van der Waals surface area contributed by atoms with Crippen LogP contribution >= 0.6 is 22.9 Å². The van der Waals surface area contributed by atoms with Gasteiger partial charge in [0.2, 0.25) is 11.8 Å². The van der Waals surface area contributed by atoms with E-state index in [2.05, 4.69) is 45.2 Å². The Morgan fingerprint density at radius 3 is 2.59 bits per heavy atom. The second-order valence-electron chi connectivity index (χ2n) is 6.20. The van der Waals surface area contributed by atoms with Crippen molar-refractivity contribution in [2.75, 3.05) is 0 Å². The molecule has 0 bridgehead atoms. The van der Waals surface area contributed by atoms with Gasteiger partial charge in [0, 0.05) is 15.5 Å². The summed E-state index contributed by atoms with van der Waals surface area (Å²) in [5.74, 6) is 1.01. The van der Waals surface area contributed by atoms with Crippen LogP contribution < -0.4 is 5.32 Å². The van der Waals surface area contributed by atoms with Crippen molar-refractivity contribution in [3.05, 3.63) is 93.5 Å². The number of aromatic nitrogens is 2. The van der Waals surface area contributed by atoms with Crippen LogP contribution in [-0.2, 0) is 0 Å². The molecule has 0 aliphatic carbocycles. The van der Waals surface area contributed by atoms with E-state index in [0.29, 0.717) is 16.8 Å². The van der Waals surface area contributed by atoms with Crippen LogP contribution in [0.3, 0.4) is 0 Å². The van der Waals surface area contributed by atoms with E-state index in [1.807, 2.05) is 49.4 Å². The molecule has 0 saturated carbocycles. The lowest BCUT2D eigenvalue weighted by atomic mass is 10.0. The summed E-state index contributed by atoms with van der Waals surface area (Å²) in [6, 6.07) is 21.9. The molecule has 136 valence electrons. The fourth-order valence-electron chi connectivity index (χ4n) is 2.91. The van der Waals surface area contributed by atoms with Crippen molar-refractivity contribution in [3.8, 4) is 11.5 Å². The summed E-state index contributed by atoms with van der Waals surface area (Å²) in [6.07, 6.45) is 0. The first kappa shape index (κ1) is 17.9. The molecule has 6 heteroatoms. The Bertz CT molecular complexity index is 1000. The van der Waals surface area contributed by atoms with Gasteiger partial charge in [-0.3, -0.25) is 5.32 Å². The van der Waals surface area contributed by atoms with E-state index in [1.165, 1.54) is 10.4 Å². The van der Waals surface area contributed by atoms with Crippen LogP contribution in [0.1, 0.15) is 35.3 Å². The third-order valence-electron chi connectivity index (χ3n) is 4.26. The van der Waals surface area contributed by atoms with Crippen LogP contribution in [0.4, 0.5) is 0 Å². The van der Waals surface area contributed by atoms with Crippen molar-refractivity contribution < 1.29 is 4.42 Å². The van der Waals surface area contributed by atoms with Gasteiger partial charge in [0.25, 0.3) is 0 Å². The third-order valence-corrected chi connectivity index (χ3v) is 5.43. The van der Waals surface area contributed by atoms with Crippen molar-refractivity contribution in [2.24, 2.45) is 0 Å². The van der Waals surface area contributed by atoms with E-state index in [0.717, 1.165) is 5.56 Å². The van der Waals surface area contributed by atoms with E-state index in [1.54, 1.807) is 11.3 Å². The summed E-state index contributed by atoms with van der Waals surface area (Å²) in [4.78, 5) is 1.24. The molecule has 4 rings (SSSR count). The largest absolute Gasteiger partial charge is 0.419 e. The van der Waals surface area contributed by atoms with E-state index in [4.69, 9.17) is 16.0 Å². The average Bonchev–Trinajstić information content (AvgIpc) is 3.39. The monoisotopic (exact) mass is 395 g/mol. The van der Waals surface area contributed by atoms with E-state index < -0.39 is 0 Å². The third kappa shape index (κ3) is 4.11. The molecule has 2 atom stereocenters. The molecule has 2 aromatic carbocycles. The Hall–Kier alpha value is -2.47. The lowest BCUT2D eigenvalue weighted by Crippen LogP contribution is -2.25. The Kier molecular flexibility index (Phi) is 5.34. The second kappa shape index (κ2) is 8.05. The van der Waals surface area contributed by atoms with Gasteiger partial charge in [-0.2, -0.15) is 0 Å². The number of thiophene rings is 1. The zero-order chi connectivity index (χ0) is 18.6. The molecule has 4 nitrogen and oxygen atoms in total. The van der Waals surface area contributed by atoms with Gasteiger partial charge in [-0.25, -0.2) is 0 Å². The normalized spacial score (nSPS) is 13.4. The maximum Gasteiger partial charge on any atom is 0.247 e. The Balaban J connectivity index is 1.58. The summed E-state index contributed by atoms with van der Waals surface area (Å²) < 4.78 is 5.90. The van der Waals surface area contributed by atoms with Crippen LogP contribution in [-0.4, -0.2) is 10.2 Å². The maximum absolute atomic E-state index is 6.06. The highest BCUT2D eigenvalue weighted by Crippen LogP contribution is 2.29. The smallest absolute Gasteiger partial charge is 0.247 e. The van der Waals surface area contributed by atoms with Gasteiger partial charge in [-0.05, 0) is 42.1 Å². The van der Waals surface area contributed by atoms with Gasteiger partial charge < -0.3 is 4.42 Å². The Morgan fingerprint density at radius 1 is 1.00 bits per heavy atom. The van der Waals surface area contributed by atoms with Crippen molar-refractivity contribution in [1.82, 2.24) is 15.5 Å². The SMILES string of the molecule is C[C@@H](N[C@@H](c1ccccc1)c1cccs1)c1nnc(-c2cccc(Cl)c2)o1. The molecule has 1 N–H and O–H groups in total. The standard InChI is InChI=1S/C21H18ClN3OS/c1-14(20-24-25-21(26-20)16-9-5-10-17(22)13-16)23-19(18-11-6-12-27-18)15-7-3-2-4-8-15/h2-14,19,23H,1H3/t14-,19+/m1/s1. The quantitative estimate of drug-likeness (QED) is 0.442. The number of rotatable bonds is 6. The highest BCUT2D eigenvalue weighted by atomic mass is 35.5. The van der Waals surface area contributed by atoms with Crippen molar-refractivity contribution >= 4 is 22.9 Å². The average molecular weight is 396 g/mol. The predicted molar refractivity (Wildman–Crippen MR) is 109 cm³/mol. The molecule has 27 heavy (non-hydrogen) atoms. The molecular formula is C21H18ClN3OS. The minimum absolute atomic E-state index is 0.0581. The Morgan fingerprint density at radius 2 is 1.85 bits per heavy atom. The van der Waals surface area contributed by atoms with Crippen molar-refractivity contribution in [3.63, 3.8) is 0 Å². The molecular weight excluding hydrogens is 378 g/mol. The molecule has 0 amide bonds. The minimum Gasteiger partial charge on any atom is -0.419 e. The summed E-state index contributed by atoms with van der Waals surface area (Å²) in [5.41, 5.74) is 2.01. The first-order valence-corrected chi connectivity index (χ1v) is 9.90. The van der Waals surface area contributed by atoms with Gasteiger partial charge in [-0.15, -0.1) is 21.5 Å². The highest BCUT2D eigenvalue weighted by molar-refractivity contribution is 7.10. The van der Waals surface area contributed by atoms with Crippen LogP contribution in [0.15, 0.2) is 76.5 Å². The van der Waals surface area contributed by atoms with E-state index in [-0.39, 0.29) is 12.1 Å². The minimum atomic E-state index is -0.113. The summed E-state index contributed by atoms with van der Waals surface area (Å²) >= 11 is 7.78. The zero-order valence-electron chi connectivity index (χ0n) is 14.7. The molecule has 0 aliphatic heterocycles. The first-order chi connectivity index (χ1) is 13.2. The van der Waals surface area contributed by atoms with Crippen molar-refractivity contribution in [1.29, 1.82) is 0 Å². The van der Waals surface area contributed by atoms with Gasteiger partial charge in [0.15, 0.2) is 0 Å². The lowest BCUT2D eigenvalue weighted by molar-refractivity contribution is 0.405. The topological polar surface area (TPSA) is 51.0 Å². The number of nitrogens with one attached hydrogen (secondary N) is 1. The van der Waals surface area contributed by atoms with Gasteiger partial charge in [0.05, 0.1) is 12.1 Å². The summed E-state index contributed by atoms with van der Waals surface area (Å²) in [7, 11) is 0. The molecule has 2 heterocycles. The molecule has 0 spiro atoms. The second-order valence-corrected chi connectivity index (χ2v) is 7.62. The van der Waals surface area contributed by atoms with Crippen molar-refractivity contribution in [2.45, 2.75) is 19.0 Å². The lowest BCUT2D eigenvalue weighted by Gasteiger charge is -2.21. The van der Waals surface area contributed by atoms with Crippen LogP contribution in [0.5, 0.6) is 0 Å². The summed E-state index contributed by atoms with van der Waals surface area (Å²) in [6.45, 7) is 2.03. The number of hydrogen-bond donors (Lipinski definition) is 1. The van der Waals surface area contributed by atoms with Gasteiger partial charge >= 0.3 is 0 Å². The van der Waals surface area contributed by atoms with Crippen LogP contribution in [0.2, 0.25) is 5.02 Å². The van der Waals surface area contributed by atoms with Gasteiger partial charge in [0.1, 0.15) is 0 Å². The van der Waals surface area contributed by atoms with Crippen LogP contribution in [0, 0.1) is 0 Å². The summed E-state index contributed by atoms with van der Waals surface area (Å²) in [5, 5.41) is 14.8. The highest BCUT2D eigenvalue weighted by Gasteiger charge is 2.22. The molecule has 0 unspecified atom stereocenters. The van der Waals surface area contributed by atoms with Crippen LogP contribution in [0.25, 0.3) is 11.5 Å². The number of hydrogen-bond acceptors (Lipinski definition) is 5. The fraction of sp³-hybridized carbons (Fsp3) is 0.143. The Labute approximate surface area is 166 Å². The molecule has 0 aliphatic rings. The predicted octanol–water partition coefficient (Wildman–Crippen LogP) is 5.89. The molecule has 0 fully saturated rings.